The summed E-state index contributed by atoms with van der Waals surface area (Å²) in [5.41, 5.74) is 0.732. The highest BCUT2D eigenvalue weighted by Crippen LogP contribution is 2.19. The lowest BCUT2D eigenvalue weighted by molar-refractivity contribution is 0.219. The zero-order valence-corrected chi connectivity index (χ0v) is 12.1. The second-order valence-electron chi connectivity index (χ2n) is 4.43. The van der Waals surface area contributed by atoms with E-state index in [1.54, 1.807) is 25.1 Å². The molecule has 1 heterocycles. The fourth-order valence-corrected chi connectivity index (χ4v) is 1.74. The SMILES string of the molecule is CC(CO)NC(=O)NCc1nc(-c2cccc(Cl)c2)no1. The Bertz CT molecular complexity index is 617. The van der Waals surface area contributed by atoms with Crippen molar-refractivity contribution in [2.24, 2.45) is 0 Å². The molecule has 0 aliphatic rings. The van der Waals surface area contributed by atoms with Gasteiger partial charge in [-0.2, -0.15) is 4.98 Å². The maximum atomic E-state index is 11.5. The summed E-state index contributed by atoms with van der Waals surface area (Å²) in [5.74, 6) is 0.676. The number of aliphatic hydroxyl groups is 1. The van der Waals surface area contributed by atoms with Gasteiger partial charge in [0, 0.05) is 10.6 Å². The Hall–Kier alpha value is -2.12. The van der Waals surface area contributed by atoms with Gasteiger partial charge in [-0.05, 0) is 19.1 Å². The number of aromatic nitrogens is 2. The molecule has 2 aromatic rings. The average Bonchev–Trinajstić information content (AvgIpc) is 2.94. The molecule has 0 saturated heterocycles. The van der Waals surface area contributed by atoms with Gasteiger partial charge >= 0.3 is 6.03 Å². The van der Waals surface area contributed by atoms with Gasteiger partial charge in [-0.1, -0.05) is 28.9 Å². The highest BCUT2D eigenvalue weighted by Gasteiger charge is 2.11. The smallest absolute Gasteiger partial charge is 0.315 e. The molecule has 7 nitrogen and oxygen atoms in total. The van der Waals surface area contributed by atoms with Crippen molar-refractivity contribution in [1.29, 1.82) is 0 Å². The fraction of sp³-hybridized carbons (Fsp3) is 0.308. The highest BCUT2D eigenvalue weighted by atomic mass is 35.5. The lowest BCUT2D eigenvalue weighted by Crippen LogP contribution is -2.42. The summed E-state index contributed by atoms with van der Waals surface area (Å²) in [7, 11) is 0. The van der Waals surface area contributed by atoms with Crippen molar-refractivity contribution in [3.05, 3.63) is 35.2 Å². The number of benzene rings is 1. The quantitative estimate of drug-likeness (QED) is 0.778. The third kappa shape index (κ3) is 4.44. The first-order valence-corrected chi connectivity index (χ1v) is 6.70. The molecule has 0 fully saturated rings. The largest absolute Gasteiger partial charge is 0.394 e. The standard InChI is InChI=1S/C13H15ClN4O3/c1-8(7-19)16-13(20)15-6-11-17-12(18-21-11)9-3-2-4-10(14)5-9/h2-5,8,19H,6-7H2,1H3,(H2,15,16,20). The first kappa shape index (κ1) is 15.3. The van der Waals surface area contributed by atoms with E-state index in [4.69, 9.17) is 21.2 Å². The molecule has 8 heteroatoms. The van der Waals surface area contributed by atoms with Crippen LogP contribution in [0.2, 0.25) is 5.02 Å². The Kier molecular flexibility index (Phi) is 5.13. The van der Waals surface area contributed by atoms with Gasteiger partial charge in [0.2, 0.25) is 11.7 Å². The zero-order valence-electron chi connectivity index (χ0n) is 11.3. The van der Waals surface area contributed by atoms with Gasteiger partial charge in [-0.15, -0.1) is 0 Å². The van der Waals surface area contributed by atoms with Crippen molar-refractivity contribution in [3.63, 3.8) is 0 Å². The molecule has 1 aromatic carbocycles. The van der Waals surface area contributed by atoms with E-state index in [1.165, 1.54) is 0 Å². The lowest BCUT2D eigenvalue weighted by Gasteiger charge is -2.10. The summed E-state index contributed by atoms with van der Waals surface area (Å²) in [6.07, 6.45) is 0. The molecule has 0 spiro atoms. The summed E-state index contributed by atoms with van der Waals surface area (Å²) in [6, 6.07) is 6.33. The number of carbonyl (C=O) groups excluding carboxylic acids is 1. The van der Waals surface area contributed by atoms with Crippen molar-refractivity contribution < 1.29 is 14.4 Å². The Balaban J connectivity index is 1.93. The normalized spacial score (nSPS) is 12.0. The number of nitrogens with zero attached hydrogens (tertiary/aromatic N) is 2. The molecule has 0 aliphatic carbocycles. The van der Waals surface area contributed by atoms with Gasteiger partial charge in [0.15, 0.2) is 0 Å². The third-order valence-electron chi connectivity index (χ3n) is 2.60. The van der Waals surface area contributed by atoms with Crippen molar-refractivity contribution >= 4 is 17.6 Å². The van der Waals surface area contributed by atoms with Crippen molar-refractivity contribution in [1.82, 2.24) is 20.8 Å². The van der Waals surface area contributed by atoms with E-state index in [0.29, 0.717) is 10.8 Å². The first-order chi connectivity index (χ1) is 10.1. The van der Waals surface area contributed by atoms with E-state index in [0.717, 1.165) is 5.56 Å². The number of carbonyl (C=O) groups is 1. The maximum absolute atomic E-state index is 11.5. The lowest BCUT2D eigenvalue weighted by atomic mass is 10.2. The van der Waals surface area contributed by atoms with Gasteiger partial charge < -0.3 is 20.3 Å². The first-order valence-electron chi connectivity index (χ1n) is 6.32. The summed E-state index contributed by atoms with van der Waals surface area (Å²) < 4.78 is 5.04. The Morgan fingerprint density at radius 1 is 1.52 bits per heavy atom. The number of rotatable bonds is 5. The van der Waals surface area contributed by atoms with Crippen LogP contribution in [0, 0.1) is 0 Å². The Labute approximate surface area is 126 Å². The molecule has 1 unspecified atom stereocenters. The predicted molar refractivity (Wildman–Crippen MR) is 76.7 cm³/mol. The summed E-state index contributed by atoms with van der Waals surface area (Å²) in [5, 5.41) is 18.3. The van der Waals surface area contributed by atoms with Crippen LogP contribution in [0.1, 0.15) is 12.8 Å². The van der Waals surface area contributed by atoms with Crippen LogP contribution in [0.5, 0.6) is 0 Å². The molecule has 0 radical (unpaired) electrons. The Morgan fingerprint density at radius 2 is 2.33 bits per heavy atom. The minimum atomic E-state index is -0.418. The van der Waals surface area contributed by atoms with Crippen LogP contribution in [0.25, 0.3) is 11.4 Å². The van der Waals surface area contributed by atoms with Crippen LogP contribution in [0.3, 0.4) is 0 Å². The number of aliphatic hydroxyl groups excluding tert-OH is 1. The number of hydrogen-bond acceptors (Lipinski definition) is 5. The number of hydrogen-bond donors (Lipinski definition) is 3. The number of amides is 2. The van der Waals surface area contributed by atoms with Gasteiger partial charge in [0.05, 0.1) is 19.2 Å². The molecule has 21 heavy (non-hydrogen) atoms. The highest BCUT2D eigenvalue weighted by molar-refractivity contribution is 6.30. The molecule has 1 aromatic heterocycles. The second-order valence-corrected chi connectivity index (χ2v) is 4.87. The van der Waals surface area contributed by atoms with Crippen LogP contribution in [-0.2, 0) is 6.54 Å². The molecular weight excluding hydrogens is 296 g/mol. The van der Waals surface area contributed by atoms with E-state index in [2.05, 4.69) is 20.8 Å². The molecule has 3 N–H and O–H groups in total. The van der Waals surface area contributed by atoms with Crippen LogP contribution >= 0.6 is 11.6 Å². The number of halogens is 1. The van der Waals surface area contributed by atoms with E-state index in [-0.39, 0.29) is 25.1 Å². The molecular formula is C13H15ClN4O3. The van der Waals surface area contributed by atoms with Crippen molar-refractivity contribution in [2.75, 3.05) is 6.61 Å². The topological polar surface area (TPSA) is 100 Å². The monoisotopic (exact) mass is 310 g/mol. The molecule has 0 bridgehead atoms. The predicted octanol–water partition coefficient (Wildman–Crippen LogP) is 1.57. The van der Waals surface area contributed by atoms with Gasteiger partial charge in [-0.3, -0.25) is 0 Å². The van der Waals surface area contributed by atoms with Gasteiger partial charge in [-0.25, -0.2) is 4.79 Å². The molecule has 0 saturated carbocycles. The van der Waals surface area contributed by atoms with Crippen LogP contribution in [-0.4, -0.2) is 33.9 Å². The number of urea groups is 1. The average molecular weight is 311 g/mol. The van der Waals surface area contributed by atoms with Gasteiger partial charge in [0.1, 0.15) is 0 Å². The van der Waals surface area contributed by atoms with E-state index < -0.39 is 6.03 Å². The summed E-state index contributed by atoms with van der Waals surface area (Å²) >= 11 is 5.89. The van der Waals surface area contributed by atoms with Crippen molar-refractivity contribution in [2.45, 2.75) is 19.5 Å². The third-order valence-corrected chi connectivity index (χ3v) is 2.84. The van der Waals surface area contributed by atoms with E-state index in [1.807, 2.05) is 6.07 Å². The summed E-state index contributed by atoms with van der Waals surface area (Å²) in [4.78, 5) is 15.6. The van der Waals surface area contributed by atoms with Gasteiger partial charge in [0.25, 0.3) is 0 Å². The van der Waals surface area contributed by atoms with Crippen LogP contribution in [0.15, 0.2) is 28.8 Å². The van der Waals surface area contributed by atoms with Crippen molar-refractivity contribution in [3.8, 4) is 11.4 Å². The second kappa shape index (κ2) is 7.05. The van der Waals surface area contributed by atoms with Crippen LogP contribution < -0.4 is 10.6 Å². The molecule has 112 valence electrons. The molecule has 0 aliphatic heterocycles. The summed E-state index contributed by atoms with van der Waals surface area (Å²) in [6.45, 7) is 1.65. The minimum absolute atomic E-state index is 0.0948. The maximum Gasteiger partial charge on any atom is 0.315 e. The molecule has 2 amide bonds. The molecule has 2 rings (SSSR count). The number of nitrogens with one attached hydrogen (secondary N) is 2. The zero-order chi connectivity index (χ0) is 15.2. The van der Waals surface area contributed by atoms with Crippen LogP contribution in [0.4, 0.5) is 4.79 Å². The van der Waals surface area contributed by atoms with E-state index >= 15 is 0 Å². The fourth-order valence-electron chi connectivity index (χ4n) is 1.55. The minimum Gasteiger partial charge on any atom is -0.394 e. The molecule has 1 atom stereocenters. The van der Waals surface area contributed by atoms with E-state index in [9.17, 15) is 4.79 Å². The Morgan fingerprint density at radius 3 is 3.05 bits per heavy atom.